The van der Waals surface area contributed by atoms with Crippen molar-refractivity contribution in [1.82, 2.24) is 14.2 Å². The van der Waals surface area contributed by atoms with Crippen molar-refractivity contribution in [3.8, 4) is 0 Å². The first-order valence-electron chi connectivity index (χ1n) is 9.97. The Morgan fingerprint density at radius 2 is 1.57 bits per heavy atom. The first-order valence-corrected chi connectivity index (χ1v) is 17.4. The predicted octanol–water partition coefficient (Wildman–Crippen LogP) is 5.27. The molecule has 0 atom stereocenters. The quantitative estimate of drug-likeness (QED) is 0.578. The number of hydrogen-bond acceptors (Lipinski definition) is 4. The Morgan fingerprint density at radius 3 is 1.96 bits per heavy atom. The lowest BCUT2D eigenvalue weighted by molar-refractivity contribution is 0.267. The van der Waals surface area contributed by atoms with Gasteiger partial charge in [0.1, 0.15) is 18.8 Å². The molecule has 0 radical (unpaired) electrons. The van der Waals surface area contributed by atoms with Gasteiger partial charge in [-0.15, -0.1) is 0 Å². The lowest BCUT2D eigenvalue weighted by Gasteiger charge is -2.37. The molecule has 0 bridgehead atoms. The normalized spacial score (nSPS) is 14.8. The number of nitrogens with one attached hydrogen (secondary N) is 1. The van der Waals surface area contributed by atoms with Crippen molar-refractivity contribution in [3.63, 3.8) is 0 Å². The molecular weight excluding hydrogens is 406 g/mol. The molecule has 1 heterocycles. The molecule has 1 aromatic rings. The van der Waals surface area contributed by atoms with Crippen LogP contribution < -0.4 is 4.39 Å². The zero-order valence-corrected chi connectivity index (χ0v) is 22.7. The summed E-state index contributed by atoms with van der Waals surface area (Å²) in [6, 6.07) is 0.0726. The zero-order valence-electron chi connectivity index (χ0n) is 19.9. The second-order valence-corrected chi connectivity index (χ2v) is 22.9. The minimum absolute atomic E-state index is 0.0477. The summed E-state index contributed by atoms with van der Waals surface area (Å²) in [5.41, 5.74) is 0.490. The van der Waals surface area contributed by atoms with E-state index < -0.39 is 26.6 Å². The summed E-state index contributed by atoms with van der Waals surface area (Å²) in [5.74, 6) is 0. The summed E-state index contributed by atoms with van der Waals surface area (Å²) in [6.07, 6.45) is 1.64. The van der Waals surface area contributed by atoms with Crippen LogP contribution in [0.1, 0.15) is 67.1 Å². The van der Waals surface area contributed by atoms with Crippen LogP contribution in [0.5, 0.6) is 0 Å². The molecule has 6 nitrogen and oxygen atoms in total. The maximum absolute atomic E-state index is 13.3. The number of rotatable bonds is 7. The van der Waals surface area contributed by atoms with Crippen molar-refractivity contribution in [2.75, 3.05) is 0 Å². The maximum Gasteiger partial charge on any atom is 0.238 e. The Morgan fingerprint density at radius 1 is 1.07 bits per heavy atom. The Balaban J connectivity index is 3.32. The van der Waals surface area contributed by atoms with E-state index in [2.05, 4.69) is 64.1 Å². The number of nitrogens with zero attached hydrogens (tertiary/aromatic N) is 2. The van der Waals surface area contributed by atoms with E-state index in [0.717, 1.165) is 0 Å². The summed E-state index contributed by atoms with van der Waals surface area (Å²) >= 11 is 0. The van der Waals surface area contributed by atoms with E-state index in [-0.39, 0.29) is 27.6 Å². The highest BCUT2D eigenvalue weighted by Gasteiger charge is 2.41. The van der Waals surface area contributed by atoms with Gasteiger partial charge in [-0.2, -0.15) is 5.10 Å². The summed E-state index contributed by atoms with van der Waals surface area (Å²) in [4.78, 5) is 0.240. The first-order chi connectivity index (χ1) is 12.2. The molecule has 0 aliphatic heterocycles. The fourth-order valence-corrected chi connectivity index (χ4v) is 7.95. The Labute approximate surface area is 174 Å². The Kier molecular flexibility index (Phi) is 7.28. The molecule has 0 aliphatic rings. The van der Waals surface area contributed by atoms with E-state index >= 15 is 0 Å². The highest BCUT2D eigenvalue weighted by Crippen LogP contribution is 2.38. The fraction of sp³-hybridized carbons (Fsp3) is 0.842. The fourth-order valence-electron chi connectivity index (χ4n) is 2.01. The van der Waals surface area contributed by atoms with Crippen molar-refractivity contribution in [2.24, 2.45) is 0 Å². The zero-order chi connectivity index (χ0) is 22.3. The summed E-state index contributed by atoms with van der Waals surface area (Å²) in [6.45, 7) is 25.4. The van der Waals surface area contributed by atoms with Gasteiger partial charge in [-0.05, 0) is 37.0 Å². The third kappa shape index (κ3) is 5.78. The van der Waals surface area contributed by atoms with E-state index in [4.69, 9.17) is 4.43 Å². The van der Waals surface area contributed by atoms with Crippen LogP contribution in [0.15, 0.2) is 11.1 Å². The SMILES string of the molecule is CC(C)n1cc(S(=O)(=O)N[Si](C)(C)C(C)(C)C)c(CO[Si](C)(C)C(C)(C)C)n1. The molecule has 1 N–H and O–H groups in total. The molecule has 1 rings (SSSR count). The smallest absolute Gasteiger partial charge is 0.238 e. The highest BCUT2D eigenvalue weighted by atomic mass is 32.2. The van der Waals surface area contributed by atoms with Crippen LogP contribution in [-0.2, 0) is 21.1 Å². The molecule has 0 fully saturated rings. The van der Waals surface area contributed by atoms with Crippen molar-refractivity contribution >= 4 is 26.6 Å². The highest BCUT2D eigenvalue weighted by molar-refractivity contribution is 7.91. The van der Waals surface area contributed by atoms with Gasteiger partial charge < -0.3 is 4.43 Å². The lowest BCUT2D eigenvalue weighted by atomic mass is 10.2. The van der Waals surface area contributed by atoms with E-state index in [1.54, 1.807) is 10.9 Å². The molecule has 0 saturated heterocycles. The summed E-state index contributed by atoms with van der Waals surface area (Å²) in [5, 5.41) is 4.51. The molecule has 9 heteroatoms. The van der Waals surface area contributed by atoms with Crippen LogP contribution in [-0.4, -0.2) is 34.8 Å². The number of sulfonamides is 1. The standard InChI is InChI=1S/C19H41N3O3SSi2/c1-15(2)22-13-17(26(23,24)21-27(9,10)18(3,4)5)16(20-22)14-25-28(11,12)19(6,7)8/h13,15,21H,14H2,1-12H3. The van der Waals surface area contributed by atoms with Gasteiger partial charge in [0.25, 0.3) is 0 Å². The lowest BCUT2D eigenvalue weighted by Crippen LogP contribution is -2.54. The molecule has 164 valence electrons. The molecule has 0 spiro atoms. The maximum atomic E-state index is 13.3. The molecular formula is C19H41N3O3SSi2. The minimum atomic E-state index is -3.68. The first kappa shape index (κ1) is 25.6. The van der Waals surface area contributed by atoms with Crippen LogP contribution in [0.2, 0.25) is 36.3 Å². The van der Waals surface area contributed by atoms with Crippen molar-refractivity contribution in [2.45, 2.75) is 109 Å². The van der Waals surface area contributed by atoms with E-state index in [1.165, 1.54) is 0 Å². The number of aromatic nitrogens is 2. The number of hydrogen-bond donors (Lipinski definition) is 1. The third-order valence-corrected chi connectivity index (χ3v) is 18.5. The van der Waals surface area contributed by atoms with E-state index in [0.29, 0.717) is 5.69 Å². The molecule has 0 unspecified atom stereocenters. The van der Waals surface area contributed by atoms with Crippen LogP contribution in [0.4, 0.5) is 0 Å². The van der Waals surface area contributed by atoms with E-state index in [1.807, 2.05) is 26.9 Å². The van der Waals surface area contributed by atoms with Gasteiger partial charge in [-0.3, -0.25) is 4.68 Å². The van der Waals surface area contributed by atoms with Crippen molar-refractivity contribution in [1.29, 1.82) is 0 Å². The average Bonchev–Trinajstić information content (AvgIpc) is 2.87. The Hall–Kier alpha value is -0.486. The summed E-state index contributed by atoms with van der Waals surface area (Å²) in [7, 11) is -7.96. The predicted molar refractivity (Wildman–Crippen MR) is 122 cm³/mol. The van der Waals surface area contributed by atoms with Crippen molar-refractivity contribution < 1.29 is 12.8 Å². The Bertz CT molecular complexity index is 786. The van der Waals surface area contributed by atoms with Gasteiger partial charge in [-0.25, -0.2) is 12.8 Å². The molecule has 1 aromatic heterocycles. The van der Waals surface area contributed by atoms with Crippen LogP contribution in [0, 0.1) is 0 Å². The summed E-state index contributed by atoms with van der Waals surface area (Å²) < 4.78 is 37.6. The van der Waals surface area contributed by atoms with Crippen LogP contribution in [0.3, 0.4) is 0 Å². The van der Waals surface area contributed by atoms with Crippen molar-refractivity contribution in [3.05, 3.63) is 11.9 Å². The van der Waals surface area contributed by atoms with Gasteiger partial charge in [-0.1, -0.05) is 54.6 Å². The minimum Gasteiger partial charge on any atom is -0.411 e. The third-order valence-electron chi connectivity index (χ3n) is 6.23. The van der Waals surface area contributed by atoms with Crippen LogP contribution in [0.25, 0.3) is 0 Å². The van der Waals surface area contributed by atoms with Gasteiger partial charge in [0.05, 0.1) is 6.61 Å². The molecule has 0 aromatic carbocycles. The average molecular weight is 448 g/mol. The van der Waals surface area contributed by atoms with Crippen LogP contribution >= 0.6 is 0 Å². The largest absolute Gasteiger partial charge is 0.411 e. The monoisotopic (exact) mass is 447 g/mol. The molecule has 0 aliphatic carbocycles. The second-order valence-electron chi connectivity index (χ2n) is 11.0. The molecule has 0 amide bonds. The van der Waals surface area contributed by atoms with E-state index in [9.17, 15) is 8.42 Å². The molecule has 28 heavy (non-hydrogen) atoms. The van der Waals surface area contributed by atoms with Gasteiger partial charge in [0, 0.05) is 12.2 Å². The molecule has 0 saturated carbocycles. The van der Waals surface area contributed by atoms with Gasteiger partial charge >= 0.3 is 0 Å². The second kappa shape index (κ2) is 7.98. The van der Waals surface area contributed by atoms with Gasteiger partial charge in [0.15, 0.2) is 8.32 Å². The topological polar surface area (TPSA) is 73.2 Å². The van der Waals surface area contributed by atoms with Gasteiger partial charge in [0.2, 0.25) is 10.0 Å².